The molecule has 0 nitrogen and oxygen atoms in total. The summed E-state index contributed by atoms with van der Waals surface area (Å²) < 4.78 is 0. The molecule has 0 saturated carbocycles. The van der Waals surface area contributed by atoms with Gasteiger partial charge in [-0.1, -0.05) is 18.6 Å². The average Bonchev–Trinajstić information content (AvgIpc) is 2.23. The van der Waals surface area contributed by atoms with Crippen molar-refractivity contribution in [3.05, 3.63) is 11.6 Å². The fourth-order valence-corrected chi connectivity index (χ4v) is 2.02. The van der Waals surface area contributed by atoms with E-state index >= 15 is 0 Å². The van der Waals surface area contributed by atoms with Crippen LogP contribution in [0.25, 0.3) is 0 Å². The first-order chi connectivity index (χ1) is 3.86. The van der Waals surface area contributed by atoms with Gasteiger partial charge in [0.25, 0.3) is 0 Å². The van der Waals surface area contributed by atoms with Gasteiger partial charge in [0.15, 0.2) is 0 Å². The lowest BCUT2D eigenvalue weighted by Crippen LogP contribution is -2.02. The van der Waals surface area contributed by atoms with Crippen molar-refractivity contribution < 1.29 is 0 Å². The molecule has 2 unspecified atom stereocenters. The van der Waals surface area contributed by atoms with Gasteiger partial charge in [0.1, 0.15) is 0 Å². The number of hydrogen-bond acceptors (Lipinski definition) is 0. The van der Waals surface area contributed by atoms with Gasteiger partial charge in [-0.2, -0.15) is 0 Å². The van der Waals surface area contributed by atoms with Crippen LogP contribution < -0.4 is 0 Å². The van der Waals surface area contributed by atoms with Gasteiger partial charge >= 0.3 is 0 Å². The summed E-state index contributed by atoms with van der Waals surface area (Å²) in [5.41, 5.74) is 1.75. The van der Waals surface area contributed by atoms with Crippen LogP contribution >= 0.6 is 0 Å². The number of fused-ring (bicyclic) bond motifs is 1. The minimum atomic E-state index is 0.939. The maximum atomic E-state index is 2.49. The number of allylic oxidation sites excluding steroid dienone is 2. The van der Waals surface area contributed by atoms with Gasteiger partial charge in [0.2, 0.25) is 0 Å². The molecule has 8 heavy (non-hydrogen) atoms. The van der Waals surface area contributed by atoms with E-state index in [1.807, 2.05) is 0 Å². The lowest BCUT2D eigenvalue weighted by atomic mass is 9.91. The molecule has 2 aliphatic rings. The summed E-state index contributed by atoms with van der Waals surface area (Å²) >= 11 is 0. The molecule has 0 aromatic carbocycles. The van der Waals surface area contributed by atoms with E-state index in [0.29, 0.717) is 0 Å². The van der Waals surface area contributed by atoms with Crippen molar-refractivity contribution >= 4 is 0 Å². The monoisotopic (exact) mass is 108 g/mol. The zero-order valence-electron chi connectivity index (χ0n) is 5.35. The zero-order chi connectivity index (χ0) is 5.56. The highest BCUT2D eigenvalue weighted by atomic mass is 14.3. The molecule has 0 saturated heterocycles. The zero-order valence-corrected chi connectivity index (χ0v) is 5.35. The maximum absolute atomic E-state index is 2.49. The van der Waals surface area contributed by atoms with E-state index in [-0.39, 0.29) is 0 Å². The molecule has 44 valence electrons. The lowest BCUT2D eigenvalue weighted by molar-refractivity contribution is 0.462. The Balaban J connectivity index is 2.23. The van der Waals surface area contributed by atoms with Crippen LogP contribution in [0.2, 0.25) is 0 Å². The van der Waals surface area contributed by atoms with Crippen molar-refractivity contribution in [1.29, 1.82) is 0 Å². The predicted molar refractivity (Wildman–Crippen MR) is 34.6 cm³/mol. The fourth-order valence-electron chi connectivity index (χ4n) is 2.02. The predicted octanol–water partition coefficient (Wildman–Crippen LogP) is 2.36. The van der Waals surface area contributed by atoms with E-state index in [4.69, 9.17) is 0 Å². The van der Waals surface area contributed by atoms with Crippen molar-refractivity contribution in [2.24, 2.45) is 11.8 Å². The molecule has 0 amide bonds. The van der Waals surface area contributed by atoms with E-state index in [1.165, 1.54) is 19.3 Å². The first-order valence-electron chi connectivity index (χ1n) is 3.57. The molecule has 0 N–H and O–H groups in total. The van der Waals surface area contributed by atoms with Crippen LogP contribution in [0.5, 0.6) is 0 Å². The van der Waals surface area contributed by atoms with Crippen LogP contribution in [-0.2, 0) is 0 Å². The molecule has 0 spiro atoms. The van der Waals surface area contributed by atoms with Crippen molar-refractivity contribution in [2.75, 3.05) is 0 Å². The third kappa shape index (κ3) is 0.460. The Kier molecular flexibility index (Phi) is 0.787. The standard InChI is InChI=1S/C8H12/c1-6-4-7-2-3-8(6)5-7/h5-7H,2-4H2,1H3. The van der Waals surface area contributed by atoms with Gasteiger partial charge in [0.05, 0.1) is 0 Å². The third-order valence-corrected chi connectivity index (χ3v) is 2.54. The van der Waals surface area contributed by atoms with E-state index < -0.39 is 0 Å². The van der Waals surface area contributed by atoms with Gasteiger partial charge in [-0.15, -0.1) is 0 Å². The molecular formula is C8H12. The van der Waals surface area contributed by atoms with Gasteiger partial charge in [-0.25, -0.2) is 0 Å². The molecule has 0 heteroatoms. The average molecular weight is 108 g/mol. The van der Waals surface area contributed by atoms with Crippen LogP contribution in [0.1, 0.15) is 26.2 Å². The highest BCUT2D eigenvalue weighted by Gasteiger charge is 2.28. The molecule has 2 rings (SSSR count). The molecule has 0 aromatic rings. The van der Waals surface area contributed by atoms with Crippen LogP contribution in [0.15, 0.2) is 11.6 Å². The summed E-state index contributed by atoms with van der Waals surface area (Å²) in [5, 5.41) is 0. The lowest BCUT2D eigenvalue weighted by Gasteiger charge is -2.14. The SMILES string of the molecule is CC1CC2C=C1CC2. The van der Waals surface area contributed by atoms with Crippen LogP contribution in [0, 0.1) is 11.8 Å². The fraction of sp³-hybridized carbons (Fsp3) is 0.750. The summed E-state index contributed by atoms with van der Waals surface area (Å²) in [6, 6.07) is 0. The van der Waals surface area contributed by atoms with Crippen molar-refractivity contribution in [2.45, 2.75) is 26.2 Å². The Morgan fingerprint density at radius 2 is 2.50 bits per heavy atom. The summed E-state index contributed by atoms with van der Waals surface area (Å²) in [6.45, 7) is 2.35. The maximum Gasteiger partial charge on any atom is -0.0222 e. The third-order valence-electron chi connectivity index (χ3n) is 2.54. The second-order valence-corrected chi connectivity index (χ2v) is 3.18. The minimum Gasteiger partial charge on any atom is -0.0819 e. The molecule has 0 heterocycles. The molecule has 2 atom stereocenters. The van der Waals surface area contributed by atoms with E-state index in [0.717, 1.165) is 11.8 Å². The number of rotatable bonds is 0. The van der Waals surface area contributed by atoms with E-state index in [9.17, 15) is 0 Å². The summed E-state index contributed by atoms with van der Waals surface area (Å²) in [5.74, 6) is 1.92. The quantitative estimate of drug-likeness (QED) is 0.418. The van der Waals surface area contributed by atoms with E-state index in [1.54, 1.807) is 5.57 Å². The molecular weight excluding hydrogens is 96.1 g/mol. The van der Waals surface area contributed by atoms with Crippen LogP contribution in [-0.4, -0.2) is 0 Å². The largest absolute Gasteiger partial charge is 0.0819 e. The van der Waals surface area contributed by atoms with Crippen molar-refractivity contribution in [1.82, 2.24) is 0 Å². The first kappa shape index (κ1) is 4.60. The second kappa shape index (κ2) is 1.37. The van der Waals surface area contributed by atoms with Gasteiger partial charge < -0.3 is 0 Å². The molecule has 0 aromatic heterocycles. The van der Waals surface area contributed by atoms with Crippen molar-refractivity contribution in [3.8, 4) is 0 Å². The Hall–Kier alpha value is -0.260. The molecule has 0 radical (unpaired) electrons. The summed E-state index contributed by atoms with van der Waals surface area (Å²) in [7, 11) is 0. The molecule has 0 aliphatic heterocycles. The molecule has 2 aliphatic carbocycles. The van der Waals surface area contributed by atoms with Crippen LogP contribution in [0.4, 0.5) is 0 Å². The Labute approximate surface area is 50.6 Å². The Bertz CT molecular complexity index is 133. The Morgan fingerprint density at radius 1 is 1.62 bits per heavy atom. The van der Waals surface area contributed by atoms with E-state index in [2.05, 4.69) is 13.0 Å². The highest BCUT2D eigenvalue weighted by molar-refractivity contribution is 5.20. The van der Waals surface area contributed by atoms with Gasteiger partial charge in [-0.3, -0.25) is 0 Å². The molecule has 0 fully saturated rings. The minimum absolute atomic E-state index is 0.939. The van der Waals surface area contributed by atoms with Gasteiger partial charge in [-0.05, 0) is 31.1 Å². The smallest absolute Gasteiger partial charge is 0.0222 e. The van der Waals surface area contributed by atoms with Crippen LogP contribution in [0.3, 0.4) is 0 Å². The first-order valence-corrected chi connectivity index (χ1v) is 3.57. The number of hydrogen-bond donors (Lipinski definition) is 0. The topological polar surface area (TPSA) is 0 Å². The highest BCUT2D eigenvalue weighted by Crippen LogP contribution is 2.42. The summed E-state index contributed by atoms with van der Waals surface area (Å²) in [6.07, 6.45) is 6.81. The van der Waals surface area contributed by atoms with Gasteiger partial charge in [0, 0.05) is 0 Å². The Morgan fingerprint density at radius 3 is 2.75 bits per heavy atom. The normalized spacial score (nSPS) is 42.9. The summed E-state index contributed by atoms with van der Waals surface area (Å²) in [4.78, 5) is 0. The molecule has 2 bridgehead atoms. The van der Waals surface area contributed by atoms with Crippen molar-refractivity contribution in [3.63, 3.8) is 0 Å². The second-order valence-electron chi connectivity index (χ2n) is 3.18.